The highest BCUT2D eigenvalue weighted by Crippen LogP contribution is 2.18. The van der Waals surface area contributed by atoms with E-state index < -0.39 is 11.4 Å². The van der Waals surface area contributed by atoms with Crippen LogP contribution in [-0.4, -0.2) is 16.0 Å². The maximum Gasteiger partial charge on any atom is 0.290 e. The van der Waals surface area contributed by atoms with Crippen LogP contribution in [0.5, 0.6) is 0 Å². The number of nitrogens with two attached hydrogens (primary N) is 2. The number of hydrogen-bond acceptors (Lipinski definition) is 5. The monoisotopic (exact) mass is 184 g/mol. The molecule has 1 aromatic heterocycles. The molecule has 0 bridgehead atoms. The second-order valence-electron chi connectivity index (χ2n) is 3.06. The minimum absolute atomic E-state index is 0.139. The first-order valence-electron chi connectivity index (χ1n) is 3.90. The summed E-state index contributed by atoms with van der Waals surface area (Å²) in [5, 5.41) is 3.39. The van der Waals surface area contributed by atoms with Crippen molar-refractivity contribution in [2.75, 3.05) is 0 Å². The first kappa shape index (κ1) is 9.66. The van der Waals surface area contributed by atoms with Gasteiger partial charge in [0.1, 0.15) is 0 Å². The van der Waals surface area contributed by atoms with E-state index in [0.717, 1.165) is 0 Å². The van der Waals surface area contributed by atoms with Gasteiger partial charge in [-0.3, -0.25) is 4.79 Å². The number of carbonyl (C=O) groups is 1. The number of primary amides is 1. The Morgan fingerprint density at radius 3 is 2.69 bits per heavy atom. The van der Waals surface area contributed by atoms with Crippen molar-refractivity contribution in [1.29, 1.82) is 0 Å². The lowest BCUT2D eigenvalue weighted by Gasteiger charge is -2.15. The molecule has 0 fully saturated rings. The molecule has 72 valence electrons. The van der Waals surface area contributed by atoms with E-state index in [1.807, 2.05) is 6.92 Å². The largest absolute Gasteiger partial charge is 0.363 e. The van der Waals surface area contributed by atoms with Crippen LogP contribution in [0.4, 0.5) is 0 Å². The van der Waals surface area contributed by atoms with Gasteiger partial charge in [0.2, 0.25) is 5.89 Å². The van der Waals surface area contributed by atoms with Crippen molar-refractivity contribution in [2.45, 2.75) is 25.8 Å². The van der Waals surface area contributed by atoms with E-state index in [1.54, 1.807) is 6.92 Å². The van der Waals surface area contributed by atoms with E-state index >= 15 is 0 Å². The Labute approximate surface area is 75.3 Å². The van der Waals surface area contributed by atoms with E-state index in [0.29, 0.717) is 6.42 Å². The number of hydrogen-bond donors (Lipinski definition) is 2. The van der Waals surface area contributed by atoms with E-state index in [2.05, 4.69) is 10.1 Å². The average molecular weight is 184 g/mol. The summed E-state index contributed by atoms with van der Waals surface area (Å²) in [7, 11) is 0. The molecule has 4 N–H and O–H groups in total. The molecule has 1 aromatic rings. The summed E-state index contributed by atoms with van der Waals surface area (Å²) in [6, 6.07) is 0. The Balaban J connectivity index is 2.98. The van der Waals surface area contributed by atoms with E-state index in [9.17, 15) is 4.79 Å². The summed E-state index contributed by atoms with van der Waals surface area (Å²) in [5.41, 5.74) is 10.0. The predicted octanol–water partition coefficient (Wildman–Crippen LogP) is -0.248. The van der Waals surface area contributed by atoms with Gasteiger partial charge >= 0.3 is 0 Å². The van der Waals surface area contributed by atoms with Gasteiger partial charge in [0.25, 0.3) is 11.7 Å². The average Bonchev–Trinajstić information content (AvgIpc) is 2.52. The molecule has 1 unspecified atom stereocenters. The van der Waals surface area contributed by atoms with Crippen molar-refractivity contribution in [2.24, 2.45) is 11.5 Å². The van der Waals surface area contributed by atoms with Crippen molar-refractivity contribution in [3.8, 4) is 0 Å². The Bertz CT molecular complexity index is 318. The van der Waals surface area contributed by atoms with E-state index in [4.69, 9.17) is 16.0 Å². The van der Waals surface area contributed by atoms with Crippen LogP contribution in [-0.2, 0) is 5.54 Å². The number of carbonyl (C=O) groups excluding carboxylic acids is 1. The van der Waals surface area contributed by atoms with Gasteiger partial charge in [-0.05, 0) is 13.3 Å². The third-order valence-corrected chi connectivity index (χ3v) is 1.87. The minimum Gasteiger partial charge on any atom is -0.363 e. The standard InChI is InChI=1S/C7H12N4O2/c1-3-7(2,9)6-10-5(4(8)12)11-13-6/h3,9H2,1-2H3,(H2,8,12). The maximum atomic E-state index is 10.6. The number of amides is 1. The molecule has 1 rings (SSSR count). The molecule has 1 amide bonds. The summed E-state index contributed by atoms with van der Waals surface area (Å²) < 4.78 is 4.79. The third kappa shape index (κ3) is 1.83. The molecule has 0 aliphatic carbocycles. The zero-order valence-electron chi connectivity index (χ0n) is 7.57. The molecule has 0 aliphatic rings. The van der Waals surface area contributed by atoms with Gasteiger partial charge in [0.15, 0.2) is 0 Å². The minimum atomic E-state index is -0.720. The summed E-state index contributed by atoms with van der Waals surface area (Å²) in [6.45, 7) is 3.62. The quantitative estimate of drug-likeness (QED) is 0.673. The molecule has 1 atom stereocenters. The van der Waals surface area contributed by atoms with Crippen molar-refractivity contribution in [3.05, 3.63) is 11.7 Å². The SMILES string of the molecule is CCC(C)(N)c1nc(C(N)=O)no1. The molecule has 0 spiro atoms. The molecule has 0 aliphatic heterocycles. The summed E-state index contributed by atoms with van der Waals surface area (Å²) in [6.07, 6.45) is 0.632. The molecule has 13 heavy (non-hydrogen) atoms. The topological polar surface area (TPSA) is 108 Å². The van der Waals surface area contributed by atoms with Crippen LogP contribution in [0.25, 0.3) is 0 Å². The maximum absolute atomic E-state index is 10.6. The summed E-state index contributed by atoms with van der Waals surface area (Å²) in [5.74, 6) is -0.633. The number of rotatable bonds is 3. The highest BCUT2D eigenvalue weighted by atomic mass is 16.5. The zero-order valence-corrected chi connectivity index (χ0v) is 7.57. The second-order valence-corrected chi connectivity index (χ2v) is 3.06. The first-order valence-corrected chi connectivity index (χ1v) is 3.90. The van der Waals surface area contributed by atoms with E-state index in [-0.39, 0.29) is 11.7 Å². The summed E-state index contributed by atoms with van der Waals surface area (Å²) >= 11 is 0. The van der Waals surface area contributed by atoms with Crippen LogP contribution in [0.15, 0.2) is 4.52 Å². The molecular weight excluding hydrogens is 172 g/mol. The first-order chi connectivity index (χ1) is 5.97. The van der Waals surface area contributed by atoms with Crippen LogP contribution < -0.4 is 11.5 Å². The molecule has 6 heteroatoms. The zero-order chi connectivity index (χ0) is 10.1. The molecular formula is C7H12N4O2. The van der Waals surface area contributed by atoms with Crippen molar-refractivity contribution < 1.29 is 9.32 Å². The van der Waals surface area contributed by atoms with Gasteiger partial charge in [-0.15, -0.1) is 0 Å². The lowest BCUT2D eigenvalue weighted by atomic mass is 10.0. The van der Waals surface area contributed by atoms with E-state index in [1.165, 1.54) is 0 Å². The normalized spacial score (nSPS) is 15.3. The van der Waals surface area contributed by atoms with Gasteiger partial charge in [0, 0.05) is 0 Å². The lowest BCUT2D eigenvalue weighted by Crippen LogP contribution is -2.32. The second kappa shape index (κ2) is 3.14. The van der Waals surface area contributed by atoms with Gasteiger partial charge in [-0.2, -0.15) is 4.98 Å². The summed E-state index contributed by atoms with van der Waals surface area (Å²) in [4.78, 5) is 14.4. The molecule has 0 aromatic carbocycles. The Morgan fingerprint density at radius 2 is 2.31 bits per heavy atom. The molecule has 1 heterocycles. The predicted molar refractivity (Wildman–Crippen MR) is 44.6 cm³/mol. The Hall–Kier alpha value is -1.43. The van der Waals surface area contributed by atoms with Crippen LogP contribution in [0.2, 0.25) is 0 Å². The number of aromatic nitrogens is 2. The van der Waals surface area contributed by atoms with Gasteiger partial charge in [-0.1, -0.05) is 12.1 Å². The Kier molecular flexibility index (Phi) is 2.33. The van der Waals surface area contributed by atoms with Crippen LogP contribution in [0.1, 0.15) is 36.8 Å². The van der Waals surface area contributed by atoms with Gasteiger partial charge < -0.3 is 16.0 Å². The highest BCUT2D eigenvalue weighted by molar-refractivity contribution is 5.88. The third-order valence-electron chi connectivity index (χ3n) is 1.87. The fourth-order valence-electron chi connectivity index (χ4n) is 0.707. The molecule has 0 saturated carbocycles. The van der Waals surface area contributed by atoms with Crippen molar-refractivity contribution in [3.63, 3.8) is 0 Å². The smallest absolute Gasteiger partial charge is 0.290 e. The fourth-order valence-corrected chi connectivity index (χ4v) is 0.707. The fraction of sp³-hybridized carbons (Fsp3) is 0.571. The van der Waals surface area contributed by atoms with Crippen molar-refractivity contribution in [1.82, 2.24) is 10.1 Å². The van der Waals surface area contributed by atoms with Crippen molar-refractivity contribution >= 4 is 5.91 Å². The lowest BCUT2D eigenvalue weighted by molar-refractivity contribution is 0.0987. The molecule has 0 saturated heterocycles. The van der Waals surface area contributed by atoms with Gasteiger partial charge in [-0.25, -0.2) is 0 Å². The van der Waals surface area contributed by atoms with Crippen LogP contribution in [0.3, 0.4) is 0 Å². The molecule has 0 radical (unpaired) electrons. The van der Waals surface area contributed by atoms with Crippen LogP contribution in [0, 0.1) is 0 Å². The van der Waals surface area contributed by atoms with Gasteiger partial charge in [0.05, 0.1) is 5.54 Å². The Morgan fingerprint density at radius 1 is 1.69 bits per heavy atom. The van der Waals surface area contributed by atoms with Crippen LogP contribution >= 0.6 is 0 Å². The molecule has 6 nitrogen and oxygen atoms in total. The highest BCUT2D eigenvalue weighted by Gasteiger charge is 2.26. The number of nitrogens with zero attached hydrogens (tertiary/aromatic N) is 2.